The molecule has 3 heterocycles. The lowest BCUT2D eigenvalue weighted by Gasteiger charge is -2.34. The van der Waals surface area contributed by atoms with E-state index in [0.717, 1.165) is 0 Å². The average Bonchev–Trinajstić information content (AvgIpc) is 3.90. The Kier molecular flexibility index (Phi) is 19.7. The molecule has 22 heteroatoms. The normalized spacial score (nSPS) is 27.9. The van der Waals surface area contributed by atoms with Gasteiger partial charge in [0.05, 0.1) is 6.54 Å². The quantitative estimate of drug-likeness (QED) is 0.0610. The molecule has 0 aliphatic carbocycles. The first-order valence-electron chi connectivity index (χ1n) is 21.8. The summed E-state index contributed by atoms with van der Waals surface area (Å²) in [7, 11) is 0. The van der Waals surface area contributed by atoms with E-state index in [4.69, 9.17) is 11.5 Å². The number of hydrogen-bond acceptors (Lipinski definition) is 11. The summed E-state index contributed by atoms with van der Waals surface area (Å²) in [5.41, 5.74) is 10.9. The molecule has 0 radical (unpaired) electrons. The minimum absolute atomic E-state index is 0.00496. The van der Waals surface area contributed by atoms with Gasteiger partial charge in [-0.25, -0.2) is 0 Å². The second kappa shape index (κ2) is 24.1. The van der Waals surface area contributed by atoms with Crippen LogP contribution in [-0.2, 0) is 47.9 Å². The van der Waals surface area contributed by atoms with Gasteiger partial charge >= 0.3 is 0 Å². The fourth-order valence-electron chi connectivity index (χ4n) is 7.80. The summed E-state index contributed by atoms with van der Waals surface area (Å²) in [6.45, 7) is 11.2. The fraction of sp³-hybridized carbons (Fsp3) is 0.732. The molecule has 0 unspecified atom stereocenters. The molecular weight excluding hydrogens is 821 g/mol. The molecule has 22 nitrogen and oxygen atoms in total. The predicted octanol–water partition coefficient (Wildman–Crippen LogP) is -2.83. The molecule has 9 amide bonds. The molecular formula is C41H68N12O10. The monoisotopic (exact) mass is 889 g/mol. The summed E-state index contributed by atoms with van der Waals surface area (Å²) in [4.78, 5) is 142. The van der Waals surface area contributed by atoms with E-state index in [1.54, 1.807) is 0 Å². The van der Waals surface area contributed by atoms with Crippen LogP contribution in [0, 0.1) is 11.8 Å². The molecule has 63 heavy (non-hydrogen) atoms. The van der Waals surface area contributed by atoms with Gasteiger partial charge in [0.2, 0.25) is 53.2 Å². The van der Waals surface area contributed by atoms with Crippen LogP contribution in [0.4, 0.5) is 0 Å². The molecule has 352 valence electrons. The number of aliphatic imine (C=N–C) groups is 1. The summed E-state index contributed by atoms with van der Waals surface area (Å²) in [6, 6.07) is -9.23. The summed E-state index contributed by atoms with van der Waals surface area (Å²) in [5, 5.41) is 18.1. The number of guanidine groups is 1. The fourth-order valence-corrected chi connectivity index (χ4v) is 7.80. The number of rotatable bonds is 10. The Bertz CT molecular complexity index is 1750. The molecule has 8 atom stereocenters. The first-order valence-corrected chi connectivity index (χ1v) is 21.8. The number of hydrogen-bond donors (Lipinski definition) is 9. The third-order valence-corrected chi connectivity index (χ3v) is 11.0. The Labute approximate surface area is 368 Å². The van der Waals surface area contributed by atoms with Gasteiger partial charge in [-0.3, -0.25) is 52.9 Å². The van der Waals surface area contributed by atoms with Crippen molar-refractivity contribution in [2.24, 2.45) is 28.3 Å². The van der Waals surface area contributed by atoms with Crippen molar-refractivity contribution >= 4 is 64.9 Å². The molecule has 3 rings (SSSR count). The minimum atomic E-state index is -1.44. The largest absolute Gasteiger partial charge is 0.370 e. The first-order chi connectivity index (χ1) is 29.6. The van der Waals surface area contributed by atoms with Crippen LogP contribution in [0.1, 0.15) is 106 Å². The number of nitrogens with two attached hydrogens (primary N) is 2. The SMILES string of the molecule is CC(=O)C[C@@H]1NC(=O)CNC(=O)[C@H](CCCN=C(N)N)NC(=O)[C@H](C)NC(=O)[C@H](CC(C)C)NC(=O)[C@H](C)NC(=O)[C@@H]2CCCN2C(=O)[C@H]2CCCN2C(=O)[C@H](CC(C)C)NC1=O. The maximum Gasteiger partial charge on any atom is 0.246 e. The van der Waals surface area contributed by atoms with Crippen molar-refractivity contribution in [2.75, 3.05) is 26.2 Å². The van der Waals surface area contributed by atoms with Crippen molar-refractivity contribution < 1.29 is 47.9 Å². The molecule has 11 N–H and O–H groups in total. The number of Topliss-reactive ketones (excluding diaryl/α,β-unsaturated/α-hetero) is 1. The van der Waals surface area contributed by atoms with Crippen molar-refractivity contribution in [3.63, 3.8) is 0 Å². The van der Waals surface area contributed by atoms with E-state index in [9.17, 15) is 47.9 Å². The van der Waals surface area contributed by atoms with E-state index in [2.05, 4.69) is 42.2 Å². The number of fused-ring (bicyclic) bond motifs is 2. The molecule has 3 fully saturated rings. The third kappa shape index (κ3) is 15.8. The van der Waals surface area contributed by atoms with Gasteiger partial charge in [0.1, 0.15) is 54.1 Å². The van der Waals surface area contributed by atoms with Crippen LogP contribution in [0.25, 0.3) is 0 Å². The lowest BCUT2D eigenvalue weighted by Crippen LogP contribution is -2.59. The molecule has 3 saturated heterocycles. The molecule has 0 spiro atoms. The van der Waals surface area contributed by atoms with Crippen LogP contribution in [0.5, 0.6) is 0 Å². The predicted molar refractivity (Wildman–Crippen MR) is 230 cm³/mol. The summed E-state index contributed by atoms with van der Waals surface area (Å²) in [5.74, 6) is -7.10. The third-order valence-electron chi connectivity index (χ3n) is 11.0. The molecule has 3 aliphatic rings. The van der Waals surface area contributed by atoms with Crippen LogP contribution >= 0.6 is 0 Å². The van der Waals surface area contributed by atoms with Gasteiger partial charge in [-0.1, -0.05) is 27.7 Å². The Morgan fingerprint density at radius 1 is 0.635 bits per heavy atom. The van der Waals surface area contributed by atoms with Crippen LogP contribution in [0.2, 0.25) is 0 Å². The van der Waals surface area contributed by atoms with Crippen molar-refractivity contribution in [3.8, 4) is 0 Å². The number of nitrogens with zero attached hydrogens (tertiary/aromatic N) is 3. The van der Waals surface area contributed by atoms with Gasteiger partial charge in [-0.05, 0) is 84.0 Å². The van der Waals surface area contributed by atoms with Crippen molar-refractivity contribution in [3.05, 3.63) is 0 Å². The molecule has 0 aromatic heterocycles. The van der Waals surface area contributed by atoms with E-state index in [-0.39, 0.29) is 63.1 Å². The molecule has 0 aromatic rings. The highest BCUT2D eigenvalue weighted by Crippen LogP contribution is 2.26. The number of carbonyl (C=O) groups is 10. The Hall–Kier alpha value is -5.83. The van der Waals surface area contributed by atoms with Crippen molar-refractivity contribution in [1.29, 1.82) is 0 Å². The van der Waals surface area contributed by atoms with Gasteiger partial charge in [-0.15, -0.1) is 0 Å². The summed E-state index contributed by atoms with van der Waals surface area (Å²) >= 11 is 0. The number of carbonyl (C=O) groups excluding carboxylic acids is 10. The molecule has 0 aromatic carbocycles. The van der Waals surface area contributed by atoms with Gasteiger partial charge in [0, 0.05) is 26.1 Å². The average molecular weight is 889 g/mol. The number of amides is 9. The second-order valence-corrected chi connectivity index (χ2v) is 17.5. The zero-order chi connectivity index (χ0) is 47.1. The summed E-state index contributed by atoms with van der Waals surface area (Å²) < 4.78 is 0. The van der Waals surface area contributed by atoms with E-state index < -0.39 is 120 Å². The highest BCUT2D eigenvalue weighted by Gasteiger charge is 2.44. The lowest BCUT2D eigenvalue weighted by atomic mass is 10.0. The summed E-state index contributed by atoms with van der Waals surface area (Å²) in [6.07, 6.45) is 1.66. The molecule has 0 bridgehead atoms. The van der Waals surface area contributed by atoms with Crippen LogP contribution in [-0.4, -0.2) is 149 Å². The van der Waals surface area contributed by atoms with Crippen molar-refractivity contribution in [2.45, 2.75) is 155 Å². The van der Waals surface area contributed by atoms with E-state index >= 15 is 0 Å². The molecule has 3 aliphatic heterocycles. The Morgan fingerprint density at radius 2 is 1.14 bits per heavy atom. The Morgan fingerprint density at radius 3 is 1.71 bits per heavy atom. The zero-order valence-corrected chi connectivity index (χ0v) is 37.5. The van der Waals surface area contributed by atoms with Gasteiger partial charge in [-0.2, -0.15) is 0 Å². The lowest BCUT2D eigenvalue weighted by molar-refractivity contribution is -0.148. The smallest absolute Gasteiger partial charge is 0.246 e. The van der Waals surface area contributed by atoms with Crippen LogP contribution in [0.3, 0.4) is 0 Å². The zero-order valence-electron chi connectivity index (χ0n) is 37.5. The molecule has 0 saturated carbocycles. The maximum absolute atomic E-state index is 14.3. The number of ketones is 1. The van der Waals surface area contributed by atoms with Gasteiger partial charge < -0.3 is 58.5 Å². The highest BCUT2D eigenvalue weighted by molar-refractivity contribution is 5.99. The van der Waals surface area contributed by atoms with Crippen LogP contribution in [0.15, 0.2) is 4.99 Å². The topological polar surface area (TPSA) is 326 Å². The van der Waals surface area contributed by atoms with Crippen LogP contribution < -0.4 is 48.7 Å². The standard InChI is InChI=1S/C41H68N12O10/c1-21(2)17-27-36(59)46-24(6)33(56)49-26(11-8-14-44-41(42)43)35(58)45-20-32(55)48-28(19-23(5)54)37(60)51-29(18-22(3)4)39(62)53-16-10-13-31(53)40(63)52-15-9-12-30(52)38(61)47-25(7)34(57)50-27/h21-22,24-31H,8-20H2,1-7H3,(H,45,58)(H,46,59)(H,47,61)(H,48,55)(H,49,56)(H,50,57)(H,51,60)(H4,42,43,44)/t24-,25-,26-,27-,28-,29-,30-,31+/m0/s1. The maximum atomic E-state index is 14.3. The van der Waals surface area contributed by atoms with Gasteiger partial charge in [0.25, 0.3) is 0 Å². The van der Waals surface area contributed by atoms with E-state index in [1.165, 1.54) is 30.6 Å². The van der Waals surface area contributed by atoms with E-state index in [1.807, 2.05) is 27.7 Å². The second-order valence-electron chi connectivity index (χ2n) is 17.5. The van der Waals surface area contributed by atoms with Crippen molar-refractivity contribution in [1.82, 2.24) is 47.0 Å². The first kappa shape index (κ1) is 51.5. The Balaban J connectivity index is 2.00. The minimum Gasteiger partial charge on any atom is -0.370 e. The van der Waals surface area contributed by atoms with Gasteiger partial charge in [0.15, 0.2) is 5.96 Å². The van der Waals surface area contributed by atoms with E-state index in [0.29, 0.717) is 25.7 Å². The number of nitrogens with one attached hydrogen (secondary N) is 7. The highest BCUT2D eigenvalue weighted by atomic mass is 16.2.